The van der Waals surface area contributed by atoms with E-state index < -0.39 is 5.97 Å². The van der Waals surface area contributed by atoms with Crippen LogP contribution in [-0.2, 0) is 9.59 Å². The second kappa shape index (κ2) is 6.19. The summed E-state index contributed by atoms with van der Waals surface area (Å²) < 4.78 is 0. The summed E-state index contributed by atoms with van der Waals surface area (Å²) in [4.78, 5) is 24.1. The topological polar surface area (TPSA) is 57.6 Å². The number of carboxylic acid groups (broad SMARTS) is 1. The molecule has 1 aromatic rings. The quantitative estimate of drug-likeness (QED) is 0.872. The minimum Gasteiger partial charge on any atom is -0.481 e. The smallest absolute Gasteiger partial charge is 0.305 e. The second-order valence-electron chi connectivity index (χ2n) is 4.33. The average molecular weight is 249 g/mol. The first-order chi connectivity index (χ1) is 8.45. The first kappa shape index (κ1) is 14.2. The molecule has 1 amide bonds. The molecule has 1 aromatic carbocycles. The van der Waals surface area contributed by atoms with E-state index in [2.05, 4.69) is 0 Å². The van der Waals surface area contributed by atoms with E-state index in [1.165, 1.54) is 0 Å². The third kappa shape index (κ3) is 3.58. The molecule has 0 heterocycles. The monoisotopic (exact) mass is 249 g/mol. The van der Waals surface area contributed by atoms with Crippen molar-refractivity contribution in [1.82, 2.24) is 0 Å². The molecular weight excluding hydrogens is 230 g/mol. The highest BCUT2D eigenvalue weighted by Crippen LogP contribution is 2.22. The lowest BCUT2D eigenvalue weighted by molar-refractivity contribution is -0.136. The first-order valence-electron chi connectivity index (χ1n) is 6.05. The Hall–Kier alpha value is -1.84. The predicted octanol–water partition coefficient (Wildman–Crippen LogP) is 2.52. The van der Waals surface area contributed by atoms with Crippen LogP contribution in [0, 0.1) is 13.8 Å². The van der Waals surface area contributed by atoms with Crippen molar-refractivity contribution in [2.75, 3.05) is 11.4 Å². The van der Waals surface area contributed by atoms with Gasteiger partial charge in [0.05, 0.1) is 6.42 Å². The summed E-state index contributed by atoms with van der Waals surface area (Å²) in [6, 6.07) is 5.84. The number of benzene rings is 1. The van der Waals surface area contributed by atoms with E-state index in [9.17, 15) is 9.59 Å². The highest BCUT2D eigenvalue weighted by atomic mass is 16.4. The van der Waals surface area contributed by atoms with Crippen LogP contribution in [-0.4, -0.2) is 23.5 Å². The van der Waals surface area contributed by atoms with E-state index in [0.29, 0.717) is 6.42 Å². The van der Waals surface area contributed by atoms with Gasteiger partial charge in [-0.3, -0.25) is 9.59 Å². The molecule has 0 aromatic heterocycles. The molecule has 18 heavy (non-hydrogen) atoms. The number of hydrogen-bond acceptors (Lipinski definition) is 2. The molecule has 0 saturated carbocycles. The van der Waals surface area contributed by atoms with Gasteiger partial charge >= 0.3 is 5.97 Å². The Kier molecular flexibility index (Phi) is 4.89. The largest absolute Gasteiger partial charge is 0.481 e. The van der Waals surface area contributed by atoms with Gasteiger partial charge in [-0.2, -0.15) is 0 Å². The van der Waals surface area contributed by atoms with E-state index in [0.717, 1.165) is 16.8 Å². The molecule has 0 aliphatic rings. The van der Waals surface area contributed by atoms with E-state index in [1.807, 2.05) is 32.0 Å². The fourth-order valence-electron chi connectivity index (χ4n) is 1.79. The third-order valence-electron chi connectivity index (χ3n) is 2.81. The number of hydrogen-bond donors (Lipinski definition) is 1. The Morgan fingerprint density at radius 1 is 1.28 bits per heavy atom. The fourth-order valence-corrected chi connectivity index (χ4v) is 1.79. The molecule has 4 heteroatoms. The fraction of sp³-hybridized carbons (Fsp3) is 0.429. The van der Waals surface area contributed by atoms with Crippen LogP contribution in [0.1, 0.15) is 30.9 Å². The van der Waals surface area contributed by atoms with Crippen LogP contribution in [0.15, 0.2) is 18.2 Å². The molecule has 0 atom stereocenters. The van der Waals surface area contributed by atoms with Gasteiger partial charge in [-0.25, -0.2) is 0 Å². The van der Waals surface area contributed by atoms with Crippen LogP contribution in [0.25, 0.3) is 0 Å². The molecule has 4 nitrogen and oxygen atoms in total. The van der Waals surface area contributed by atoms with E-state index in [-0.39, 0.29) is 18.9 Å². The maximum absolute atomic E-state index is 11.9. The number of amides is 1. The van der Waals surface area contributed by atoms with Crippen LogP contribution in [0.5, 0.6) is 0 Å². The van der Waals surface area contributed by atoms with Crippen LogP contribution in [0.4, 0.5) is 5.69 Å². The van der Waals surface area contributed by atoms with Gasteiger partial charge in [0.1, 0.15) is 0 Å². The maximum atomic E-state index is 11.9. The Labute approximate surface area is 107 Å². The van der Waals surface area contributed by atoms with Crippen molar-refractivity contribution < 1.29 is 14.7 Å². The number of nitrogens with zero attached hydrogens (tertiary/aromatic N) is 1. The van der Waals surface area contributed by atoms with Gasteiger partial charge in [0, 0.05) is 18.7 Å². The second-order valence-corrected chi connectivity index (χ2v) is 4.33. The Balaban J connectivity index is 3.04. The summed E-state index contributed by atoms with van der Waals surface area (Å²) in [6.07, 6.45) is 0.326. The molecule has 0 fully saturated rings. The number of carbonyl (C=O) groups is 2. The van der Waals surface area contributed by atoms with E-state index in [4.69, 9.17) is 5.11 Å². The highest BCUT2D eigenvalue weighted by Gasteiger charge is 2.17. The van der Waals surface area contributed by atoms with Gasteiger partial charge in [0.15, 0.2) is 0 Å². The van der Waals surface area contributed by atoms with Crippen LogP contribution in [0.2, 0.25) is 0 Å². The molecule has 0 saturated heterocycles. The Morgan fingerprint density at radius 2 is 1.94 bits per heavy atom. The molecular formula is C14H19NO3. The molecule has 0 bridgehead atoms. The van der Waals surface area contributed by atoms with Crippen molar-refractivity contribution in [2.24, 2.45) is 0 Å². The molecule has 1 rings (SSSR count). The van der Waals surface area contributed by atoms with Gasteiger partial charge in [-0.1, -0.05) is 19.1 Å². The predicted molar refractivity (Wildman–Crippen MR) is 70.8 cm³/mol. The van der Waals surface area contributed by atoms with Gasteiger partial charge in [0.25, 0.3) is 0 Å². The van der Waals surface area contributed by atoms with Crippen LogP contribution in [0.3, 0.4) is 0 Å². The summed E-state index contributed by atoms with van der Waals surface area (Å²) >= 11 is 0. The maximum Gasteiger partial charge on any atom is 0.305 e. The normalized spacial score (nSPS) is 10.2. The third-order valence-corrected chi connectivity index (χ3v) is 2.81. The van der Waals surface area contributed by atoms with E-state index in [1.54, 1.807) is 11.8 Å². The SMILES string of the molecule is CCC(=O)N(CCC(=O)O)c1cc(C)ccc1C. The highest BCUT2D eigenvalue weighted by molar-refractivity contribution is 5.94. The first-order valence-corrected chi connectivity index (χ1v) is 6.05. The molecule has 1 N–H and O–H groups in total. The zero-order chi connectivity index (χ0) is 13.7. The molecule has 98 valence electrons. The number of carbonyl (C=O) groups excluding carboxylic acids is 1. The molecule has 0 aliphatic heterocycles. The minimum atomic E-state index is -0.894. The van der Waals surface area contributed by atoms with Crippen molar-refractivity contribution in [3.05, 3.63) is 29.3 Å². The zero-order valence-electron chi connectivity index (χ0n) is 11.1. The van der Waals surface area contributed by atoms with Gasteiger partial charge in [-0.15, -0.1) is 0 Å². The number of aliphatic carboxylic acids is 1. The number of carboxylic acids is 1. The Bertz CT molecular complexity index is 454. The van der Waals surface area contributed by atoms with Crippen molar-refractivity contribution >= 4 is 17.6 Å². The summed E-state index contributed by atoms with van der Waals surface area (Å²) in [7, 11) is 0. The standard InChI is InChI=1S/C14H19NO3/c1-4-13(16)15(8-7-14(17)18)12-9-10(2)5-6-11(12)3/h5-6,9H,4,7-8H2,1-3H3,(H,17,18). The van der Waals surface area contributed by atoms with Crippen LogP contribution >= 0.6 is 0 Å². The van der Waals surface area contributed by atoms with E-state index >= 15 is 0 Å². The van der Waals surface area contributed by atoms with Gasteiger partial charge in [-0.05, 0) is 31.0 Å². The van der Waals surface area contributed by atoms with Crippen LogP contribution < -0.4 is 4.90 Å². The number of anilines is 1. The molecule has 0 radical (unpaired) electrons. The van der Waals surface area contributed by atoms with Gasteiger partial charge in [0.2, 0.25) is 5.91 Å². The molecule has 0 unspecified atom stereocenters. The lowest BCUT2D eigenvalue weighted by Gasteiger charge is -2.24. The zero-order valence-corrected chi connectivity index (χ0v) is 11.1. The van der Waals surface area contributed by atoms with Crippen molar-refractivity contribution in [1.29, 1.82) is 0 Å². The lowest BCUT2D eigenvalue weighted by atomic mass is 10.1. The minimum absolute atomic E-state index is 0.0425. The molecule has 0 spiro atoms. The van der Waals surface area contributed by atoms with Crippen molar-refractivity contribution in [2.45, 2.75) is 33.6 Å². The van der Waals surface area contributed by atoms with Crippen molar-refractivity contribution in [3.8, 4) is 0 Å². The van der Waals surface area contributed by atoms with Crippen molar-refractivity contribution in [3.63, 3.8) is 0 Å². The lowest BCUT2D eigenvalue weighted by Crippen LogP contribution is -2.33. The average Bonchev–Trinajstić information content (AvgIpc) is 2.32. The summed E-state index contributed by atoms with van der Waals surface area (Å²) in [5.74, 6) is -0.945. The summed E-state index contributed by atoms with van der Waals surface area (Å²) in [6.45, 7) is 5.87. The summed E-state index contributed by atoms with van der Waals surface area (Å²) in [5, 5.41) is 8.75. The van der Waals surface area contributed by atoms with Gasteiger partial charge < -0.3 is 10.0 Å². The Morgan fingerprint density at radius 3 is 2.50 bits per heavy atom. The number of aryl methyl sites for hydroxylation is 2. The number of rotatable bonds is 5. The molecule has 0 aliphatic carbocycles. The summed E-state index contributed by atoms with van der Waals surface area (Å²) in [5.41, 5.74) is 2.84.